The van der Waals surface area contributed by atoms with E-state index in [4.69, 9.17) is 24.1 Å². The predicted molar refractivity (Wildman–Crippen MR) is 368 cm³/mol. The zero-order valence-corrected chi connectivity index (χ0v) is 56.4. The third-order valence-corrected chi connectivity index (χ3v) is 23.2. The number of nitrogens with zero attached hydrogens (tertiary/aromatic N) is 9. The quantitative estimate of drug-likeness (QED) is 0.134. The maximum absolute atomic E-state index is 14.9. The van der Waals surface area contributed by atoms with Crippen molar-refractivity contribution in [1.82, 2.24) is 26.6 Å². The molecule has 0 bridgehead atoms. The first-order valence-corrected chi connectivity index (χ1v) is 35.6. The van der Waals surface area contributed by atoms with E-state index in [0.29, 0.717) is 70.0 Å². The zero-order valence-electron chi connectivity index (χ0n) is 54.0. The van der Waals surface area contributed by atoms with Crippen molar-refractivity contribution < 1.29 is 62.5 Å². The minimum Gasteiger partial charge on any atom is -0.490 e. The van der Waals surface area contributed by atoms with E-state index < -0.39 is 41.7 Å². The molecule has 0 amide bonds. The number of halogens is 3. The maximum Gasteiger partial charge on any atom is 0.290 e. The molecule has 26 heteroatoms. The Hall–Kier alpha value is -9.05. The van der Waals surface area contributed by atoms with Gasteiger partial charge in [0.25, 0.3) is 36.5 Å². The Labute approximate surface area is 556 Å². The van der Waals surface area contributed by atoms with Gasteiger partial charge in [-0.1, -0.05) is 24.3 Å². The molecule has 1 N–H and O–H groups in total. The van der Waals surface area contributed by atoms with Gasteiger partial charge in [0.05, 0.1) is 67.9 Å². The summed E-state index contributed by atoms with van der Waals surface area (Å²) in [6.07, 6.45) is 13.4. The third kappa shape index (κ3) is 13.1. The summed E-state index contributed by atoms with van der Waals surface area (Å²) >= 11 is 0. The number of hydrogen-bond donors (Lipinski definition) is 1. The number of anilines is 3. The van der Waals surface area contributed by atoms with Crippen LogP contribution >= 0.6 is 0 Å². The first-order chi connectivity index (χ1) is 46.0. The smallest absolute Gasteiger partial charge is 0.290 e. The molecule has 0 saturated carbocycles. The summed E-state index contributed by atoms with van der Waals surface area (Å²) in [6, 6.07) is 27.9. The molecule has 0 aliphatic carbocycles. The molecule has 504 valence electrons. The van der Waals surface area contributed by atoms with Gasteiger partial charge in [0.1, 0.15) is 54.5 Å². The Morgan fingerprint density at radius 3 is 1.25 bits per heavy atom. The molecule has 0 fully saturated rings. The van der Waals surface area contributed by atoms with Crippen LogP contribution in [0.4, 0.5) is 30.2 Å². The van der Waals surface area contributed by atoms with Crippen LogP contribution in [-0.2, 0) is 34.9 Å². The Morgan fingerprint density at radius 2 is 0.812 bits per heavy atom. The van der Waals surface area contributed by atoms with Crippen LogP contribution in [0, 0.1) is 17.5 Å². The van der Waals surface area contributed by atoms with E-state index in [9.17, 15) is 38.4 Å². The van der Waals surface area contributed by atoms with Crippen LogP contribution in [0.2, 0.25) is 0 Å². The summed E-state index contributed by atoms with van der Waals surface area (Å²) in [5.74, 6) is 0.350. The van der Waals surface area contributed by atoms with E-state index in [0.717, 1.165) is 128 Å². The Morgan fingerprint density at radius 1 is 0.427 bits per heavy atom. The van der Waals surface area contributed by atoms with Crippen molar-refractivity contribution in [2.24, 2.45) is 0 Å². The van der Waals surface area contributed by atoms with E-state index in [1.165, 1.54) is 48.3 Å². The van der Waals surface area contributed by atoms with Crippen LogP contribution in [0.3, 0.4) is 0 Å². The monoisotopic (exact) mass is 1370 g/mol. The molecule has 6 aromatic carbocycles. The van der Waals surface area contributed by atoms with E-state index >= 15 is 0 Å². The minimum atomic E-state index is -3.95. The first kappa shape index (κ1) is 67.0. The molecule has 0 radical (unpaired) electrons. The molecule has 6 aliphatic heterocycles. The molecule has 6 aliphatic rings. The lowest BCUT2D eigenvalue weighted by atomic mass is 9.99. The second kappa shape index (κ2) is 27.2. The van der Waals surface area contributed by atoms with Crippen molar-refractivity contribution >= 4 is 103 Å². The molecule has 0 unspecified atom stereocenters. The highest BCUT2D eigenvalue weighted by atomic mass is 32.2. The van der Waals surface area contributed by atoms with Crippen LogP contribution in [-0.4, -0.2) is 184 Å². The van der Waals surface area contributed by atoms with Crippen LogP contribution in [0.15, 0.2) is 161 Å². The summed E-state index contributed by atoms with van der Waals surface area (Å²) in [5.41, 5.74) is 9.04. The van der Waals surface area contributed by atoms with Gasteiger partial charge >= 0.3 is 0 Å². The molecule has 3 aromatic heterocycles. The highest BCUT2D eigenvalue weighted by Crippen LogP contribution is 2.41. The van der Waals surface area contributed by atoms with Gasteiger partial charge in [-0.25, -0.2) is 50.3 Å². The molecular weight excluding hydrogens is 1300 g/mol. The molecule has 0 saturated heterocycles. The first-order valence-electron chi connectivity index (χ1n) is 31.3. The third-order valence-electron chi connectivity index (χ3n) is 18.2. The normalized spacial score (nSPS) is 17.0. The number of ether oxygens (including phenoxy) is 3. The van der Waals surface area contributed by atoms with Crippen LogP contribution < -0.4 is 28.9 Å². The number of aromatic nitrogens is 3. The number of carboxylic acid groups (broad SMARTS) is 1. The summed E-state index contributed by atoms with van der Waals surface area (Å²) in [6.45, 7) is 8.42. The van der Waals surface area contributed by atoms with Gasteiger partial charge < -0.3 is 48.7 Å². The van der Waals surface area contributed by atoms with Crippen LogP contribution in [0.5, 0.6) is 17.2 Å². The number of carbonyl (C=O) groups is 1. The van der Waals surface area contributed by atoms with Crippen LogP contribution in [0.1, 0.15) is 36.0 Å². The molecule has 15 rings (SSSR count). The Bertz CT molecular complexity index is 4870. The standard InChI is InChI=1S/3C23H24FN3O3S.CH2O2/c1-25-9-7-16(8-10-25)20-15-27(21-5-3-17(24)13-19(20)21)31(28,29)18-4-6-22-23(14-18)30-12-11-26(22)2;1-25-9-7-16(8-10-25)20-15-27(22-13-17(24)3-5-19(20)22)31(28,29)18-4-6-21-23(14-18)30-12-11-26(21)2;1-25-10-8-16(9-11-25)18-15-27(21-5-3-4-19(24)23(18)21)31(28,29)17-6-7-20-22(14-17)30-13-12-26(20)2;2-1-3/h2*3-7,13-15H,8-12H2,1-2H3;3-8,14-15H,9-13H2,1-2H3;1H,(H,2,3). The van der Waals surface area contributed by atoms with Gasteiger partial charge in [-0.2, -0.15) is 0 Å². The summed E-state index contributed by atoms with van der Waals surface area (Å²) in [4.78, 5) is 21.4. The van der Waals surface area contributed by atoms with E-state index in [1.54, 1.807) is 91.4 Å². The van der Waals surface area contributed by atoms with Gasteiger partial charge in [0.2, 0.25) is 0 Å². The lowest BCUT2D eigenvalue weighted by Crippen LogP contribution is -2.29. The number of rotatable bonds is 9. The number of benzene rings is 6. The minimum absolute atomic E-state index is 0.117. The summed E-state index contributed by atoms with van der Waals surface area (Å²) in [7, 11) is 0.152. The van der Waals surface area contributed by atoms with Crippen molar-refractivity contribution in [3.05, 3.63) is 180 Å². The molecule has 9 heterocycles. The number of hydrogen-bond acceptors (Lipinski definition) is 16. The molecule has 0 spiro atoms. The van der Waals surface area contributed by atoms with Gasteiger partial charge in [0, 0.05) is 130 Å². The Balaban J connectivity index is 0.000000135. The van der Waals surface area contributed by atoms with E-state index in [1.807, 2.05) is 63.1 Å². The molecule has 9 aromatic rings. The van der Waals surface area contributed by atoms with Crippen molar-refractivity contribution in [2.45, 2.75) is 33.9 Å². The molecule has 0 atom stereocenters. The topological polar surface area (TPSA) is 202 Å². The van der Waals surface area contributed by atoms with Crippen molar-refractivity contribution in [3.63, 3.8) is 0 Å². The lowest BCUT2D eigenvalue weighted by Gasteiger charge is -2.27. The lowest BCUT2D eigenvalue weighted by molar-refractivity contribution is -0.122. The largest absolute Gasteiger partial charge is 0.490 e. The highest BCUT2D eigenvalue weighted by Gasteiger charge is 2.31. The molecule has 20 nitrogen and oxygen atoms in total. The SMILES string of the molecule is CN1CC=C(c2cn(S(=O)(=O)c3ccc4c(c3)OCCN4C)c3cc(F)ccc23)CC1.CN1CC=C(c2cn(S(=O)(=O)c3ccc4c(c3)OCCN4C)c3ccc(F)cc23)CC1.CN1CC=C(c2cn(S(=O)(=O)c3ccc4c(c3)OCCN4C)c3cccc(F)c23)CC1.O=CO. The van der Waals surface area contributed by atoms with Crippen molar-refractivity contribution in [2.75, 3.05) is 136 Å². The fraction of sp³-hybridized carbons (Fsp3) is 0.300. The second-order valence-corrected chi connectivity index (χ2v) is 30.0. The highest BCUT2D eigenvalue weighted by molar-refractivity contribution is 7.90. The zero-order chi connectivity index (χ0) is 68.0. The fourth-order valence-electron chi connectivity index (χ4n) is 12.8. The van der Waals surface area contributed by atoms with Gasteiger partial charge in [-0.05, 0) is 142 Å². The summed E-state index contributed by atoms with van der Waals surface area (Å²) in [5, 5.41) is 8.57. The van der Waals surface area contributed by atoms with Gasteiger partial charge in [0.15, 0.2) is 0 Å². The van der Waals surface area contributed by atoms with Gasteiger partial charge in [-0.15, -0.1) is 0 Å². The van der Waals surface area contributed by atoms with E-state index in [-0.39, 0.29) is 27.0 Å². The number of fused-ring (bicyclic) bond motifs is 6. The average Bonchev–Trinajstić information content (AvgIpc) is 1.58. The predicted octanol–water partition coefficient (Wildman–Crippen LogP) is 10.4. The van der Waals surface area contributed by atoms with E-state index in [2.05, 4.69) is 26.9 Å². The number of likely N-dealkylation sites (N-methyl/N-ethyl adjacent to an activating group) is 6. The molecular formula is C70H74F3N9O11S3. The average molecular weight is 1370 g/mol. The van der Waals surface area contributed by atoms with Crippen molar-refractivity contribution in [1.29, 1.82) is 0 Å². The maximum atomic E-state index is 14.9. The second-order valence-electron chi connectivity index (χ2n) is 24.5. The van der Waals surface area contributed by atoms with Crippen molar-refractivity contribution in [3.8, 4) is 17.2 Å². The molecule has 96 heavy (non-hydrogen) atoms. The Kier molecular flexibility index (Phi) is 19.0. The summed E-state index contributed by atoms with van der Waals surface area (Å²) < 4.78 is 146. The fourth-order valence-corrected chi connectivity index (χ4v) is 16.9. The van der Waals surface area contributed by atoms with Gasteiger partial charge in [-0.3, -0.25) is 4.79 Å². The van der Waals surface area contributed by atoms with Crippen LogP contribution in [0.25, 0.3) is 49.4 Å².